The van der Waals surface area contributed by atoms with Gasteiger partial charge in [0.2, 0.25) is 0 Å². The van der Waals surface area contributed by atoms with Crippen LogP contribution in [0.1, 0.15) is 35.9 Å². The van der Waals surface area contributed by atoms with Gasteiger partial charge in [0.05, 0.1) is 5.52 Å². The van der Waals surface area contributed by atoms with Gasteiger partial charge in [0, 0.05) is 56.6 Å². The van der Waals surface area contributed by atoms with Crippen molar-refractivity contribution in [2.75, 3.05) is 13.2 Å². The van der Waals surface area contributed by atoms with E-state index in [2.05, 4.69) is 45.0 Å². The molecule has 2 aromatic heterocycles. The summed E-state index contributed by atoms with van der Waals surface area (Å²) >= 11 is 0. The van der Waals surface area contributed by atoms with Gasteiger partial charge in [-0.3, -0.25) is 4.98 Å². The zero-order valence-electron chi connectivity index (χ0n) is 15.5. The summed E-state index contributed by atoms with van der Waals surface area (Å²) in [5, 5.41) is 4.84. The molecule has 0 saturated carbocycles. The van der Waals surface area contributed by atoms with Crippen LogP contribution in [-0.4, -0.2) is 27.7 Å². The predicted molar refractivity (Wildman–Crippen MR) is 103 cm³/mol. The van der Waals surface area contributed by atoms with Crippen molar-refractivity contribution in [2.45, 2.75) is 32.4 Å². The lowest BCUT2D eigenvalue weighted by Gasteiger charge is -2.31. The Morgan fingerprint density at radius 2 is 2.19 bits per heavy atom. The number of aryl methyl sites for hydroxylation is 2. The number of benzene rings is 1. The molecular formula is C21H26N4O. The molecule has 1 aliphatic heterocycles. The Hall–Kier alpha value is -2.24. The van der Waals surface area contributed by atoms with Crippen LogP contribution < -0.4 is 5.32 Å². The van der Waals surface area contributed by atoms with Gasteiger partial charge in [-0.1, -0.05) is 12.1 Å². The SMILES string of the molecule is Cc1cc(CNC[C@@H]2CCCO[C@H]2c2nccn2C)cc2cccnc12. The normalized spacial score (nSPS) is 20.5. The Bertz CT molecular complexity index is 889. The third kappa shape index (κ3) is 3.50. The number of imidazole rings is 1. The first kappa shape index (κ1) is 17.2. The first-order valence-electron chi connectivity index (χ1n) is 9.36. The number of hydrogen-bond acceptors (Lipinski definition) is 4. The summed E-state index contributed by atoms with van der Waals surface area (Å²) in [5.74, 6) is 1.48. The van der Waals surface area contributed by atoms with Crippen molar-refractivity contribution in [1.82, 2.24) is 19.9 Å². The maximum Gasteiger partial charge on any atom is 0.137 e. The van der Waals surface area contributed by atoms with Gasteiger partial charge in [-0.25, -0.2) is 4.98 Å². The van der Waals surface area contributed by atoms with Crippen molar-refractivity contribution in [2.24, 2.45) is 13.0 Å². The predicted octanol–water partition coefficient (Wildman–Crippen LogP) is 3.53. The van der Waals surface area contributed by atoms with Crippen molar-refractivity contribution < 1.29 is 4.74 Å². The van der Waals surface area contributed by atoms with Gasteiger partial charge in [-0.05, 0) is 43.0 Å². The number of rotatable bonds is 5. The number of pyridine rings is 1. The van der Waals surface area contributed by atoms with E-state index in [0.717, 1.165) is 37.5 Å². The number of nitrogens with one attached hydrogen (secondary N) is 1. The molecule has 0 spiro atoms. The molecule has 0 unspecified atom stereocenters. The zero-order valence-corrected chi connectivity index (χ0v) is 15.5. The van der Waals surface area contributed by atoms with Crippen LogP contribution in [0.4, 0.5) is 0 Å². The van der Waals surface area contributed by atoms with E-state index in [9.17, 15) is 0 Å². The van der Waals surface area contributed by atoms with Crippen LogP contribution in [-0.2, 0) is 18.3 Å². The van der Waals surface area contributed by atoms with E-state index >= 15 is 0 Å². The smallest absolute Gasteiger partial charge is 0.137 e. The van der Waals surface area contributed by atoms with Crippen molar-refractivity contribution in [3.63, 3.8) is 0 Å². The Labute approximate surface area is 154 Å². The van der Waals surface area contributed by atoms with Crippen LogP contribution in [0.2, 0.25) is 0 Å². The van der Waals surface area contributed by atoms with Crippen LogP contribution >= 0.6 is 0 Å². The van der Waals surface area contributed by atoms with E-state index in [1.807, 2.05) is 31.7 Å². The lowest BCUT2D eigenvalue weighted by atomic mass is 9.93. The van der Waals surface area contributed by atoms with Gasteiger partial charge in [0.25, 0.3) is 0 Å². The highest BCUT2D eigenvalue weighted by atomic mass is 16.5. The number of fused-ring (bicyclic) bond motifs is 1. The zero-order chi connectivity index (χ0) is 17.9. The first-order chi connectivity index (χ1) is 12.7. The topological polar surface area (TPSA) is 52.0 Å². The number of ether oxygens (including phenoxy) is 1. The summed E-state index contributed by atoms with van der Waals surface area (Å²) < 4.78 is 8.14. The average Bonchev–Trinajstić information content (AvgIpc) is 3.08. The molecule has 1 aliphatic rings. The van der Waals surface area contributed by atoms with Gasteiger partial charge < -0.3 is 14.6 Å². The van der Waals surface area contributed by atoms with E-state index in [0.29, 0.717) is 5.92 Å². The van der Waals surface area contributed by atoms with Gasteiger partial charge in [-0.2, -0.15) is 0 Å². The van der Waals surface area contributed by atoms with Crippen molar-refractivity contribution in [1.29, 1.82) is 0 Å². The molecule has 1 N–H and O–H groups in total. The van der Waals surface area contributed by atoms with Gasteiger partial charge in [-0.15, -0.1) is 0 Å². The van der Waals surface area contributed by atoms with Crippen LogP contribution in [0.3, 0.4) is 0 Å². The Morgan fingerprint density at radius 1 is 1.27 bits per heavy atom. The van der Waals surface area contributed by atoms with Crippen molar-refractivity contribution >= 4 is 10.9 Å². The quantitative estimate of drug-likeness (QED) is 0.765. The number of nitrogens with zero attached hydrogens (tertiary/aromatic N) is 3. The maximum atomic E-state index is 6.06. The maximum absolute atomic E-state index is 6.06. The molecule has 1 aromatic carbocycles. The third-order valence-corrected chi connectivity index (χ3v) is 5.25. The Morgan fingerprint density at radius 3 is 3.04 bits per heavy atom. The first-order valence-corrected chi connectivity index (χ1v) is 9.36. The molecule has 0 bridgehead atoms. The Balaban J connectivity index is 1.43. The molecule has 0 amide bonds. The summed E-state index contributed by atoms with van der Waals surface area (Å²) in [7, 11) is 2.04. The Kier molecular flexibility index (Phi) is 5.00. The van der Waals surface area contributed by atoms with E-state index < -0.39 is 0 Å². The minimum atomic E-state index is 0.0822. The monoisotopic (exact) mass is 350 g/mol. The minimum absolute atomic E-state index is 0.0822. The second-order valence-corrected chi connectivity index (χ2v) is 7.21. The minimum Gasteiger partial charge on any atom is -0.370 e. The molecular weight excluding hydrogens is 324 g/mol. The van der Waals surface area contributed by atoms with Crippen LogP contribution in [0.15, 0.2) is 42.9 Å². The van der Waals surface area contributed by atoms with Crippen LogP contribution in [0.5, 0.6) is 0 Å². The lowest BCUT2D eigenvalue weighted by molar-refractivity contribution is -0.0344. The van der Waals surface area contributed by atoms with Gasteiger partial charge in [0.15, 0.2) is 0 Å². The fourth-order valence-corrected chi connectivity index (χ4v) is 3.94. The van der Waals surface area contributed by atoms with Crippen LogP contribution in [0, 0.1) is 12.8 Å². The molecule has 0 aliphatic carbocycles. The molecule has 5 nitrogen and oxygen atoms in total. The highest BCUT2D eigenvalue weighted by molar-refractivity contribution is 5.82. The lowest BCUT2D eigenvalue weighted by Crippen LogP contribution is -2.33. The molecule has 5 heteroatoms. The molecule has 4 rings (SSSR count). The summed E-state index contributed by atoms with van der Waals surface area (Å²) in [6.07, 6.45) is 8.07. The van der Waals surface area contributed by atoms with E-state index in [1.165, 1.54) is 22.9 Å². The number of aromatic nitrogens is 3. The molecule has 2 atom stereocenters. The fourth-order valence-electron chi connectivity index (χ4n) is 3.94. The summed E-state index contributed by atoms with van der Waals surface area (Å²) in [6, 6.07) is 8.59. The number of hydrogen-bond donors (Lipinski definition) is 1. The molecule has 0 radical (unpaired) electrons. The van der Waals surface area contributed by atoms with Crippen molar-refractivity contribution in [3.05, 3.63) is 59.8 Å². The second kappa shape index (κ2) is 7.56. The molecule has 3 aromatic rings. The largest absolute Gasteiger partial charge is 0.370 e. The second-order valence-electron chi connectivity index (χ2n) is 7.21. The van der Waals surface area contributed by atoms with E-state index in [4.69, 9.17) is 4.74 Å². The molecule has 1 fully saturated rings. The summed E-state index contributed by atoms with van der Waals surface area (Å²) in [4.78, 5) is 8.98. The fraction of sp³-hybridized carbons (Fsp3) is 0.429. The van der Waals surface area contributed by atoms with E-state index in [-0.39, 0.29) is 6.10 Å². The standard InChI is InChI=1S/C21H26N4O/c1-15-11-16(12-17-5-3-7-23-19(15)17)13-22-14-18-6-4-10-26-20(18)21-24-8-9-25(21)2/h3,5,7-9,11-12,18,20,22H,4,6,10,13-14H2,1-2H3/t18-,20+/m0/s1. The van der Waals surface area contributed by atoms with E-state index in [1.54, 1.807) is 0 Å². The van der Waals surface area contributed by atoms with Gasteiger partial charge in [0.1, 0.15) is 11.9 Å². The van der Waals surface area contributed by atoms with Crippen molar-refractivity contribution in [3.8, 4) is 0 Å². The summed E-state index contributed by atoms with van der Waals surface area (Å²) in [6.45, 7) is 4.74. The highest BCUT2D eigenvalue weighted by Gasteiger charge is 2.29. The average molecular weight is 350 g/mol. The molecule has 3 heterocycles. The molecule has 136 valence electrons. The molecule has 26 heavy (non-hydrogen) atoms. The summed E-state index contributed by atoms with van der Waals surface area (Å²) in [5.41, 5.74) is 3.62. The molecule has 1 saturated heterocycles. The third-order valence-electron chi connectivity index (χ3n) is 5.25. The van der Waals surface area contributed by atoms with Crippen LogP contribution in [0.25, 0.3) is 10.9 Å². The van der Waals surface area contributed by atoms with Gasteiger partial charge >= 0.3 is 0 Å². The highest BCUT2D eigenvalue weighted by Crippen LogP contribution is 2.32.